The number of nitrogens with one attached hydrogen (secondary N) is 3. The SMILES string of the molecule is CNC[C@H](O)[C@@H](O)[C@H](O)[C@H](O)CO.Cc1cccc(C)c1-c1nc(C(=O)Nc2cccc(C(=O)O)c2)c(CCC23CC4CC(CC(C4)C2)C3)[nH]1. The number of carboxylic acids is 1. The topological polar surface area (TPSA) is 208 Å². The molecule has 1 aromatic heterocycles. The summed E-state index contributed by atoms with van der Waals surface area (Å²) in [5, 5.41) is 59.7. The second-order valence-corrected chi connectivity index (χ2v) is 14.8. The van der Waals surface area contributed by atoms with E-state index in [2.05, 4.69) is 41.6 Å². The molecule has 12 heteroatoms. The molecule has 7 rings (SSSR count). The molecule has 4 atom stereocenters. The van der Waals surface area contributed by atoms with Gasteiger partial charge in [0.05, 0.1) is 18.3 Å². The van der Waals surface area contributed by atoms with Gasteiger partial charge in [-0.1, -0.05) is 24.3 Å². The molecule has 1 heterocycles. The smallest absolute Gasteiger partial charge is 0.335 e. The monoisotopic (exact) mass is 692 g/mol. The van der Waals surface area contributed by atoms with Crippen LogP contribution in [0.1, 0.15) is 82.6 Å². The van der Waals surface area contributed by atoms with Crippen molar-refractivity contribution in [1.82, 2.24) is 15.3 Å². The van der Waals surface area contributed by atoms with Crippen LogP contribution >= 0.6 is 0 Å². The third-order valence-electron chi connectivity index (χ3n) is 10.9. The van der Waals surface area contributed by atoms with Crippen LogP contribution in [0, 0.1) is 37.0 Å². The maximum absolute atomic E-state index is 13.5. The van der Waals surface area contributed by atoms with E-state index in [0.29, 0.717) is 16.8 Å². The lowest BCUT2D eigenvalue weighted by molar-refractivity contribution is -0.113. The molecule has 50 heavy (non-hydrogen) atoms. The summed E-state index contributed by atoms with van der Waals surface area (Å²) in [6, 6.07) is 12.5. The minimum atomic E-state index is -1.55. The lowest BCUT2D eigenvalue weighted by atomic mass is 9.48. The highest BCUT2D eigenvalue weighted by Gasteiger charge is 2.50. The summed E-state index contributed by atoms with van der Waals surface area (Å²) in [5.41, 5.74) is 5.54. The van der Waals surface area contributed by atoms with Crippen LogP contribution < -0.4 is 10.6 Å². The molecule has 0 saturated heterocycles. The number of aromatic carboxylic acids is 1. The summed E-state index contributed by atoms with van der Waals surface area (Å²) in [4.78, 5) is 33.3. The van der Waals surface area contributed by atoms with E-state index in [1.807, 2.05) is 6.07 Å². The Bertz CT molecular complexity index is 1580. The van der Waals surface area contributed by atoms with Crippen molar-refractivity contribution in [3.05, 3.63) is 70.5 Å². The molecule has 4 bridgehead atoms. The van der Waals surface area contributed by atoms with Crippen LogP contribution in [0.3, 0.4) is 0 Å². The van der Waals surface area contributed by atoms with Gasteiger partial charge in [0.25, 0.3) is 5.91 Å². The average Bonchev–Trinajstić information content (AvgIpc) is 3.50. The number of H-pyrrole nitrogens is 1. The van der Waals surface area contributed by atoms with Gasteiger partial charge in [-0.3, -0.25) is 4.79 Å². The van der Waals surface area contributed by atoms with Crippen molar-refractivity contribution in [1.29, 1.82) is 0 Å². The molecular weight excluding hydrogens is 640 g/mol. The minimum Gasteiger partial charge on any atom is -0.478 e. The summed E-state index contributed by atoms with van der Waals surface area (Å²) >= 11 is 0. The number of aryl methyl sites for hydroxylation is 3. The van der Waals surface area contributed by atoms with Crippen LogP contribution in [0.5, 0.6) is 0 Å². The Balaban J connectivity index is 0.000000320. The molecule has 1 amide bonds. The molecule has 4 aliphatic carbocycles. The van der Waals surface area contributed by atoms with Crippen LogP contribution in [-0.2, 0) is 6.42 Å². The molecule has 9 N–H and O–H groups in total. The maximum atomic E-state index is 13.5. The molecule has 3 aromatic rings. The van der Waals surface area contributed by atoms with E-state index in [4.69, 9.17) is 25.4 Å². The molecule has 4 saturated carbocycles. The predicted octanol–water partition coefficient (Wildman–Crippen LogP) is 3.43. The second-order valence-electron chi connectivity index (χ2n) is 14.8. The summed E-state index contributed by atoms with van der Waals surface area (Å²) in [6.07, 6.45) is 4.49. The van der Waals surface area contributed by atoms with Crippen molar-refractivity contribution in [3.63, 3.8) is 0 Å². The third kappa shape index (κ3) is 8.62. The Hall–Kier alpha value is -3.65. The van der Waals surface area contributed by atoms with Crippen LogP contribution in [0.4, 0.5) is 5.69 Å². The highest BCUT2D eigenvalue weighted by molar-refractivity contribution is 6.04. The van der Waals surface area contributed by atoms with Crippen LogP contribution in [0.15, 0.2) is 42.5 Å². The Labute approximate surface area is 293 Å². The number of carboxylic acid groups (broad SMARTS) is 1. The largest absolute Gasteiger partial charge is 0.478 e. The summed E-state index contributed by atoms with van der Waals surface area (Å²) in [7, 11) is 1.57. The maximum Gasteiger partial charge on any atom is 0.335 e. The van der Waals surface area contributed by atoms with Crippen molar-refractivity contribution in [2.45, 2.75) is 89.6 Å². The number of aromatic amines is 1. The molecule has 0 spiro atoms. The Morgan fingerprint density at radius 3 is 2.06 bits per heavy atom. The number of nitrogens with zero attached hydrogens (tertiary/aromatic N) is 1. The number of rotatable bonds is 13. The van der Waals surface area contributed by atoms with Crippen molar-refractivity contribution in [3.8, 4) is 11.4 Å². The number of amides is 1. The fraction of sp³-hybridized carbons (Fsp3) is 0.553. The quantitative estimate of drug-likeness (QED) is 0.128. The molecule has 0 unspecified atom stereocenters. The molecule has 272 valence electrons. The van der Waals surface area contributed by atoms with Crippen LogP contribution in [0.25, 0.3) is 11.4 Å². The van der Waals surface area contributed by atoms with Gasteiger partial charge in [0.1, 0.15) is 29.8 Å². The van der Waals surface area contributed by atoms with Gasteiger partial charge >= 0.3 is 5.97 Å². The summed E-state index contributed by atoms with van der Waals surface area (Å²) in [5.74, 6) is 2.06. The molecule has 4 aliphatic rings. The number of carbonyl (C=O) groups is 2. The first kappa shape index (κ1) is 37.6. The van der Waals surface area contributed by atoms with E-state index in [-0.39, 0.29) is 18.0 Å². The number of benzene rings is 2. The molecule has 4 fully saturated rings. The Morgan fingerprint density at radius 2 is 1.50 bits per heavy atom. The number of hydrogen-bond donors (Lipinski definition) is 9. The normalized spacial score (nSPS) is 24.5. The minimum absolute atomic E-state index is 0.0936. The molecule has 0 aliphatic heterocycles. The van der Waals surface area contributed by atoms with Gasteiger partial charge < -0.3 is 46.3 Å². The number of anilines is 1. The van der Waals surface area contributed by atoms with E-state index in [9.17, 15) is 19.8 Å². The number of aromatic nitrogens is 2. The van der Waals surface area contributed by atoms with E-state index in [1.165, 1.54) is 50.7 Å². The van der Waals surface area contributed by atoms with Gasteiger partial charge in [-0.2, -0.15) is 0 Å². The predicted molar refractivity (Wildman–Crippen MR) is 189 cm³/mol. The number of aliphatic hydroxyl groups is 5. The molecular formula is C38H52N4O8. The number of likely N-dealkylation sites (N-methyl/N-ethyl adjacent to an activating group) is 1. The zero-order valence-electron chi connectivity index (χ0n) is 29.1. The van der Waals surface area contributed by atoms with E-state index in [0.717, 1.165) is 58.8 Å². The third-order valence-corrected chi connectivity index (χ3v) is 10.9. The summed E-state index contributed by atoms with van der Waals surface area (Å²) < 4.78 is 0. The standard InChI is InChI=1S/C31H35N3O3.C7H17NO5/c1-18-5-3-6-19(2)26(18)28-33-25(9-10-31-15-20-11-21(16-31)13-22(12-20)17-31)27(34-28)29(35)32-24-8-4-7-23(14-24)30(36)37;1-8-2-4(10)6(12)7(13)5(11)3-9/h3-8,14,20-22H,9-13,15-17H2,1-2H3,(H,32,35)(H,33,34)(H,36,37);4-13H,2-3H2,1H3/t;4-,5+,6+,7+/m.0/s1. The Morgan fingerprint density at radius 1 is 0.920 bits per heavy atom. The molecule has 0 radical (unpaired) electrons. The van der Waals surface area contributed by atoms with Gasteiger partial charge in [0.2, 0.25) is 0 Å². The van der Waals surface area contributed by atoms with Crippen molar-refractivity contribution in [2.24, 2.45) is 23.2 Å². The number of aliphatic hydroxyl groups excluding tert-OH is 5. The summed E-state index contributed by atoms with van der Waals surface area (Å²) in [6.45, 7) is 3.56. The first-order chi connectivity index (χ1) is 23.8. The second kappa shape index (κ2) is 16.1. The fourth-order valence-electron chi connectivity index (χ4n) is 8.88. The van der Waals surface area contributed by atoms with Crippen molar-refractivity contribution in [2.75, 3.05) is 25.5 Å². The van der Waals surface area contributed by atoms with Gasteiger partial charge in [0.15, 0.2) is 0 Å². The first-order valence-electron chi connectivity index (χ1n) is 17.6. The zero-order chi connectivity index (χ0) is 36.2. The highest BCUT2D eigenvalue weighted by Crippen LogP contribution is 2.61. The fourth-order valence-corrected chi connectivity index (χ4v) is 8.88. The number of carbonyl (C=O) groups excluding carboxylic acids is 1. The van der Waals surface area contributed by atoms with Gasteiger partial charge in [0, 0.05) is 23.5 Å². The first-order valence-corrected chi connectivity index (χ1v) is 17.6. The van der Waals surface area contributed by atoms with Gasteiger partial charge in [-0.15, -0.1) is 0 Å². The van der Waals surface area contributed by atoms with Crippen molar-refractivity contribution >= 4 is 17.6 Å². The van der Waals surface area contributed by atoms with Gasteiger partial charge in [-0.25, -0.2) is 9.78 Å². The number of hydrogen-bond acceptors (Lipinski definition) is 9. The van der Waals surface area contributed by atoms with Gasteiger partial charge in [-0.05, 0) is 125 Å². The Kier molecular flexibility index (Phi) is 12.1. The van der Waals surface area contributed by atoms with E-state index >= 15 is 0 Å². The highest BCUT2D eigenvalue weighted by atomic mass is 16.4. The van der Waals surface area contributed by atoms with Crippen molar-refractivity contribution < 1.29 is 40.2 Å². The van der Waals surface area contributed by atoms with Crippen LogP contribution in [0.2, 0.25) is 0 Å². The molecule has 12 nitrogen and oxygen atoms in total. The van der Waals surface area contributed by atoms with E-state index in [1.54, 1.807) is 19.2 Å². The average molecular weight is 693 g/mol. The van der Waals surface area contributed by atoms with E-state index < -0.39 is 37.0 Å². The lowest BCUT2D eigenvalue weighted by Gasteiger charge is -2.57. The lowest BCUT2D eigenvalue weighted by Crippen LogP contribution is -2.48. The van der Waals surface area contributed by atoms with Crippen LogP contribution in [-0.4, -0.2) is 97.1 Å². The zero-order valence-corrected chi connectivity index (χ0v) is 29.1. The molecule has 2 aromatic carbocycles. The number of imidazole rings is 1.